The van der Waals surface area contributed by atoms with Crippen LogP contribution in [0, 0.1) is 5.92 Å². The van der Waals surface area contributed by atoms with E-state index in [2.05, 4.69) is 6.92 Å². The highest BCUT2D eigenvalue weighted by molar-refractivity contribution is 4.61. The molecule has 0 aliphatic heterocycles. The van der Waals surface area contributed by atoms with Crippen molar-refractivity contribution >= 4 is 0 Å². The van der Waals surface area contributed by atoms with Gasteiger partial charge in [0.2, 0.25) is 0 Å². The molecule has 0 aromatic rings. The molecule has 0 aromatic heterocycles. The van der Waals surface area contributed by atoms with Crippen molar-refractivity contribution < 1.29 is 0 Å². The van der Waals surface area contributed by atoms with Crippen molar-refractivity contribution in [2.75, 3.05) is 0 Å². The molecule has 0 spiro atoms. The normalized spacial score (nSPS) is 20.2. The minimum Gasteiger partial charge on any atom is -0.0683 e. The van der Waals surface area contributed by atoms with Gasteiger partial charge < -0.3 is 0 Å². The molecule has 0 radical (unpaired) electrons. The summed E-state index contributed by atoms with van der Waals surface area (Å²) in [6.45, 7) is 6.34. The van der Waals surface area contributed by atoms with Crippen LogP contribution in [0.15, 0.2) is 0 Å². The molecule has 0 amide bonds. The van der Waals surface area contributed by atoms with E-state index in [1.807, 2.05) is 13.8 Å². The molecule has 0 nitrogen and oxygen atoms in total. The minimum absolute atomic E-state index is 1.07. The van der Waals surface area contributed by atoms with Crippen LogP contribution in [0.2, 0.25) is 0 Å². The Kier molecular flexibility index (Phi) is 9.09. The van der Waals surface area contributed by atoms with Gasteiger partial charge in [-0.05, 0) is 5.92 Å². The molecular weight excluding hydrogens is 144 g/mol. The second-order valence-corrected chi connectivity index (χ2v) is 3.62. The Bertz CT molecular complexity index is 68.1. The van der Waals surface area contributed by atoms with Crippen LogP contribution in [0.5, 0.6) is 0 Å². The quantitative estimate of drug-likeness (QED) is 0.531. The molecule has 74 valence electrons. The van der Waals surface area contributed by atoms with Crippen LogP contribution in [-0.4, -0.2) is 0 Å². The standard InChI is InChI=1S/C10H20.C2H6/c1-2-10-8-6-4-3-5-7-9-10;1-2/h10H,2-9H2,1H3;1-2H3. The third kappa shape index (κ3) is 5.62. The van der Waals surface area contributed by atoms with E-state index in [4.69, 9.17) is 0 Å². The Morgan fingerprint density at radius 3 is 1.67 bits per heavy atom. The third-order valence-electron chi connectivity index (χ3n) is 2.80. The van der Waals surface area contributed by atoms with Crippen LogP contribution in [0.3, 0.4) is 0 Å². The summed E-state index contributed by atoms with van der Waals surface area (Å²) < 4.78 is 0. The van der Waals surface area contributed by atoms with Crippen molar-refractivity contribution in [3.8, 4) is 0 Å². The molecule has 0 saturated heterocycles. The Balaban J connectivity index is 0.000000561. The van der Waals surface area contributed by atoms with Crippen molar-refractivity contribution in [2.24, 2.45) is 5.92 Å². The average Bonchev–Trinajstić information content (AvgIpc) is 2.08. The summed E-state index contributed by atoms with van der Waals surface area (Å²) in [6, 6.07) is 0. The smallest absolute Gasteiger partial charge is 0.0417 e. The topological polar surface area (TPSA) is 0 Å². The van der Waals surface area contributed by atoms with Gasteiger partial charge in [0.1, 0.15) is 0 Å². The van der Waals surface area contributed by atoms with Crippen LogP contribution >= 0.6 is 0 Å². The fourth-order valence-corrected chi connectivity index (χ4v) is 1.95. The van der Waals surface area contributed by atoms with Gasteiger partial charge in [0.15, 0.2) is 0 Å². The summed E-state index contributed by atoms with van der Waals surface area (Å²) in [5.74, 6) is 1.07. The van der Waals surface area contributed by atoms with Crippen molar-refractivity contribution in [3.05, 3.63) is 0 Å². The molecule has 0 atom stereocenters. The zero-order valence-corrected chi connectivity index (χ0v) is 9.23. The first kappa shape index (κ1) is 12.0. The van der Waals surface area contributed by atoms with Crippen LogP contribution < -0.4 is 0 Å². The number of rotatable bonds is 1. The number of hydrogen-bond donors (Lipinski definition) is 0. The number of hydrogen-bond acceptors (Lipinski definition) is 0. The van der Waals surface area contributed by atoms with E-state index in [9.17, 15) is 0 Å². The van der Waals surface area contributed by atoms with Crippen molar-refractivity contribution in [1.29, 1.82) is 0 Å². The van der Waals surface area contributed by atoms with Crippen LogP contribution in [0.25, 0.3) is 0 Å². The lowest BCUT2D eigenvalue weighted by atomic mass is 9.90. The van der Waals surface area contributed by atoms with E-state index in [1.54, 1.807) is 0 Å². The fourth-order valence-electron chi connectivity index (χ4n) is 1.95. The first-order chi connectivity index (χ1) is 5.93. The highest BCUT2D eigenvalue weighted by Crippen LogP contribution is 2.23. The largest absolute Gasteiger partial charge is 0.0683 e. The fraction of sp³-hybridized carbons (Fsp3) is 1.00. The van der Waals surface area contributed by atoms with E-state index in [1.165, 1.54) is 51.4 Å². The first-order valence-corrected chi connectivity index (χ1v) is 5.93. The predicted octanol–water partition coefficient (Wildman–Crippen LogP) is 4.78. The Morgan fingerprint density at radius 1 is 0.833 bits per heavy atom. The van der Waals surface area contributed by atoms with Gasteiger partial charge in [-0.15, -0.1) is 0 Å². The monoisotopic (exact) mass is 170 g/mol. The Morgan fingerprint density at radius 2 is 1.25 bits per heavy atom. The molecule has 1 fully saturated rings. The highest BCUT2D eigenvalue weighted by Gasteiger charge is 2.07. The molecular formula is C12H26. The second-order valence-electron chi connectivity index (χ2n) is 3.62. The van der Waals surface area contributed by atoms with Gasteiger partial charge in [-0.25, -0.2) is 0 Å². The lowest BCUT2D eigenvalue weighted by Crippen LogP contribution is -2.01. The van der Waals surface area contributed by atoms with Gasteiger partial charge in [0.25, 0.3) is 0 Å². The molecule has 0 N–H and O–H groups in total. The van der Waals surface area contributed by atoms with E-state index in [0.29, 0.717) is 0 Å². The summed E-state index contributed by atoms with van der Waals surface area (Å²) >= 11 is 0. The van der Waals surface area contributed by atoms with E-state index >= 15 is 0 Å². The average molecular weight is 170 g/mol. The Labute approximate surface area is 78.8 Å². The summed E-state index contributed by atoms with van der Waals surface area (Å²) in [6.07, 6.45) is 11.9. The van der Waals surface area contributed by atoms with Crippen LogP contribution in [-0.2, 0) is 0 Å². The third-order valence-corrected chi connectivity index (χ3v) is 2.80. The minimum atomic E-state index is 1.07. The SMILES string of the molecule is CC.CCC1CCCCCCC1. The zero-order chi connectivity index (χ0) is 9.23. The maximum absolute atomic E-state index is 2.34. The first-order valence-electron chi connectivity index (χ1n) is 5.93. The molecule has 12 heavy (non-hydrogen) atoms. The van der Waals surface area contributed by atoms with Crippen molar-refractivity contribution in [3.63, 3.8) is 0 Å². The molecule has 1 aliphatic rings. The van der Waals surface area contributed by atoms with Gasteiger partial charge in [0, 0.05) is 0 Å². The predicted molar refractivity (Wildman–Crippen MR) is 57.4 cm³/mol. The molecule has 0 bridgehead atoms. The van der Waals surface area contributed by atoms with Gasteiger partial charge >= 0.3 is 0 Å². The summed E-state index contributed by atoms with van der Waals surface area (Å²) in [7, 11) is 0. The van der Waals surface area contributed by atoms with Gasteiger partial charge in [-0.2, -0.15) is 0 Å². The summed E-state index contributed by atoms with van der Waals surface area (Å²) in [5.41, 5.74) is 0. The van der Waals surface area contributed by atoms with Crippen molar-refractivity contribution in [1.82, 2.24) is 0 Å². The van der Waals surface area contributed by atoms with Gasteiger partial charge in [0.05, 0.1) is 0 Å². The van der Waals surface area contributed by atoms with Gasteiger partial charge in [-0.3, -0.25) is 0 Å². The maximum Gasteiger partial charge on any atom is -0.0417 e. The van der Waals surface area contributed by atoms with E-state index in [0.717, 1.165) is 5.92 Å². The summed E-state index contributed by atoms with van der Waals surface area (Å²) in [4.78, 5) is 0. The van der Waals surface area contributed by atoms with Crippen LogP contribution in [0.4, 0.5) is 0 Å². The molecule has 0 aromatic carbocycles. The molecule has 1 rings (SSSR count). The van der Waals surface area contributed by atoms with Crippen LogP contribution in [0.1, 0.15) is 72.1 Å². The van der Waals surface area contributed by atoms with Crippen molar-refractivity contribution in [2.45, 2.75) is 72.1 Å². The molecule has 0 heterocycles. The Hall–Kier alpha value is 0. The zero-order valence-electron chi connectivity index (χ0n) is 9.23. The molecule has 0 unspecified atom stereocenters. The second kappa shape index (κ2) is 9.09. The molecule has 1 saturated carbocycles. The lowest BCUT2D eigenvalue weighted by molar-refractivity contribution is 0.369. The lowest BCUT2D eigenvalue weighted by Gasteiger charge is -2.17. The highest BCUT2D eigenvalue weighted by atomic mass is 14.1. The molecule has 0 heteroatoms. The van der Waals surface area contributed by atoms with E-state index < -0.39 is 0 Å². The summed E-state index contributed by atoms with van der Waals surface area (Å²) in [5, 5.41) is 0. The maximum atomic E-state index is 2.34. The van der Waals surface area contributed by atoms with E-state index in [-0.39, 0.29) is 0 Å². The molecule has 1 aliphatic carbocycles. The van der Waals surface area contributed by atoms with Gasteiger partial charge in [-0.1, -0.05) is 72.1 Å².